The number of para-hydroxylation sites is 1. The van der Waals surface area contributed by atoms with E-state index in [1.54, 1.807) is 103 Å². The molecule has 2 fully saturated rings. The van der Waals surface area contributed by atoms with Crippen LogP contribution in [0.4, 0.5) is 0 Å². The summed E-state index contributed by atoms with van der Waals surface area (Å²) < 4.78 is 0. The summed E-state index contributed by atoms with van der Waals surface area (Å²) in [5.41, 5.74) is 16.4. The summed E-state index contributed by atoms with van der Waals surface area (Å²) in [5, 5.41) is 78.2. The van der Waals surface area contributed by atoms with Gasteiger partial charge in [0.05, 0.1) is 18.8 Å². The molecule has 0 unspecified atom stereocenters. The van der Waals surface area contributed by atoms with Gasteiger partial charge in [-0.25, -0.2) is 4.79 Å². The number of aliphatic carboxylic acids is 1. The SMILES string of the molecule is CC(C)NCc1ccc(C[C@@H]2NC(=O)[C@@H](Cc3c[nH]c4ccccc34)NC(=O)[C@@H]3CCC(=O)NCCC[C@H](NC(=O)[C@H](Cc4ccccc4)NC(=O)[C@@H]([C@@H](C)O)NC2=O)C(=O)N[C@@H](CO)C(=O)N[C@H](C(=O)O)CSSC[C@H](NC(=O)[C@@H](N)Cc2ccc(O)cc2)C(=O)N[C@@H](CCCCN)C(=O)N[C@@H](Cc2ccccc2)C(=O)N3)cc1. The summed E-state index contributed by atoms with van der Waals surface area (Å²) in [7, 11) is 1.68. The molecule has 0 aliphatic carbocycles. The van der Waals surface area contributed by atoms with Gasteiger partial charge in [-0.2, -0.15) is 0 Å². The van der Waals surface area contributed by atoms with E-state index in [0.29, 0.717) is 51.7 Å². The average Bonchev–Trinajstić information content (AvgIpc) is 1.68. The number of benzene rings is 5. The lowest BCUT2D eigenvalue weighted by Gasteiger charge is -2.29. The van der Waals surface area contributed by atoms with Crippen LogP contribution in [-0.4, -0.2) is 218 Å². The molecule has 6 aromatic rings. The van der Waals surface area contributed by atoms with Crippen molar-refractivity contribution in [2.24, 2.45) is 11.5 Å². The van der Waals surface area contributed by atoms with E-state index in [0.717, 1.165) is 27.2 Å². The predicted molar refractivity (Wildman–Crippen MR) is 431 cm³/mol. The molecule has 1 aromatic heterocycles. The number of aliphatic hydroxyl groups excluding tert-OH is 2. The van der Waals surface area contributed by atoms with E-state index in [1.807, 2.05) is 26.0 Å². The van der Waals surface area contributed by atoms with Crippen molar-refractivity contribution >= 4 is 109 Å². The van der Waals surface area contributed by atoms with Crippen molar-refractivity contribution in [1.82, 2.24) is 74.1 Å². The summed E-state index contributed by atoms with van der Waals surface area (Å²) in [5.74, 6) is -14.4. The summed E-state index contributed by atoms with van der Waals surface area (Å²) in [6.07, 6.45) is -2.32. The molecule has 2 aliphatic heterocycles. The molecule has 2 aliphatic rings. The van der Waals surface area contributed by atoms with Crippen LogP contribution in [-0.2, 0) is 101 Å². The third-order valence-corrected chi connectivity index (χ3v) is 21.7. The Morgan fingerprint density at radius 3 is 1.62 bits per heavy atom. The maximum atomic E-state index is 15.6. The zero-order chi connectivity index (χ0) is 83.1. The molecular formula is C80H104N16O17S2. The second-order valence-electron chi connectivity index (χ2n) is 28.7. The number of aromatic nitrogens is 1. The van der Waals surface area contributed by atoms with Gasteiger partial charge in [0.1, 0.15) is 72.2 Å². The average molecular weight is 1630 g/mol. The number of amides is 12. The molecule has 13 atom stereocenters. The number of carbonyl (C=O) groups excluding carboxylic acids is 12. The molecular weight excluding hydrogens is 1520 g/mol. The van der Waals surface area contributed by atoms with Crippen LogP contribution in [0.3, 0.4) is 0 Å². The Hall–Kier alpha value is -11.0. The number of aromatic amines is 1. The number of hydrogen-bond donors (Lipinski definition) is 20. The van der Waals surface area contributed by atoms with Gasteiger partial charge in [0.25, 0.3) is 0 Å². The molecule has 618 valence electrons. The zero-order valence-corrected chi connectivity index (χ0v) is 65.8. The zero-order valence-electron chi connectivity index (χ0n) is 64.2. The number of hydrogen-bond acceptors (Lipinski definition) is 21. The Kier molecular flexibility index (Phi) is 35.2. The molecule has 0 spiro atoms. The minimum Gasteiger partial charge on any atom is -0.508 e. The van der Waals surface area contributed by atoms with Crippen molar-refractivity contribution in [3.05, 3.63) is 173 Å². The minimum atomic E-state index is -1.91. The number of fused-ring (bicyclic) bond motifs is 9. The van der Waals surface area contributed by atoms with Crippen molar-refractivity contribution in [2.45, 2.75) is 189 Å². The largest absolute Gasteiger partial charge is 0.508 e. The number of rotatable bonds is 22. The maximum Gasteiger partial charge on any atom is 0.327 e. The first kappa shape index (κ1) is 89.6. The third kappa shape index (κ3) is 28.5. The number of aromatic hydroxyl groups is 1. The summed E-state index contributed by atoms with van der Waals surface area (Å²) in [4.78, 5) is 195. The Bertz CT molecular complexity index is 4300. The summed E-state index contributed by atoms with van der Waals surface area (Å²) in [6, 6.07) is 17.0. The van der Waals surface area contributed by atoms with Crippen molar-refractivity contribution in [2.75, 3.05) is 31.2 Å². The minimum absolute atomic E-state index is 0.0521. The van der Waals surface area contributed by atoms with Crippen LogP contribution >= 0.6 is 21.6 Å². The lowest BCUT2D eigenvalue weighted by atomic mass is 9.99. The van der Waals surface area contributed by atoms with E-state index in [9.17, 15) is 58.8 Å². The number of carbonyl (C=O) groups is 13. The first-order valence-electron chi connectivity index (χ1n) is 38.2. The smallest absolute Gasteiger partial charge is 0.327 e. The quantitative estimate of drug-likeness (QED) is 0.0293. The second kappa shape index (κ2) is 45.2. The Morgan fingerprint density at radius 2 is 1.03 bits per heavy atom. The highest BCUT2D eigenvalue weighted by Gasteiger charge is 2.39. The molecule has 8 rings (SSSR count). The standard InChI is InChI=1S/C80H104N16O17S2/c1-45(2)84-40-51-25-23-50(24-26-51)38-62-76(108)96-68(46(3)98)79(111)92-61(37-48-17-8-5-9-18-48)74(106)86-58-22-14-34-83-67(100)32-31-59(72(104)91-63(75(107)90-62)39-52-41-85-56-20-11-10-19-54(52)56)88-73(105)60(36-47-15-6-4-7-16-47)89-70(102)57(21-12-13-33-81)87-78(110)65(94-69(101)55(82)35-49-27-29-53(99)30-28-49)43-114-115-44-66(80(112)113)95-77(109)64(42-97)93-71(58)103/h4-11,15-20,23-30,41,45-46,55,57-66,68,84-85,97-99H,12-14,21-22,31-40,42-44,81-82H2,1-3H3,(H,83,100)(H,86,106)(H,87,110)(H,88,105)(H,89,102)(H,90,107)(H,91,104)(H,92,111)(H,93,103)(H,94,101)(H,95,109)(H,96,108)(H,112,113)/t46-,55+,57+,58+,59+,60+,61+,62+,63-,64+,65+,66+,68-/m1/s1. The van der Waals surface area contributed by atoms with Gasteiger partial charge in [0, 0.05) is 79.8 Å². The molecule has 35 heteroatoms. The molecule has 22 N–H and O–H groups in total. The van der Waals surface area contributed by atoms with Crippen LogP contribution in [0.5, 0.6) is 5.75 Å². The van der Waals surface area contributed by atoms with Gasteiger partial charge < -0.3 is 106 Å². The number of nitrogens with one attached hydrogen (secondary N) is 14. The first-order chi connectivity index (χ1) is 55.1. The predicted octanol–water partition coefficient (Wildman–Crippen LogP) is -0.783. The van der Waals surface area contributed by atoms with Crippen LogP contribution in [0.15, 0.2) is 140 Å². The van der Waals surface area contributed by atoms with E-state index in [4.69, 9.17) is 11.5 Å². The van der Waals surface area contributed by atoms with Gasteiger partial charge in [-0.3, -0.25) is 57.5 Å². The Morgan fingerprint density at radius 1 is 0.530 bits per heavy atom. The molecule has 12 amide bonds. The van der Waals surface area contributed by atoms with Gasteiger partial charge in [-0.1, -0.05) is 151 Å². The molecule has 0 saturated carbocycles. The van der Waals surface area contributed by atoms with Crippen molar-refractivity contribution in [1.29, 1.82) is 0 Å². The van der Waals surface area contributed by atoms with Gasteiger partial charge in [0.2, 0.25) is 70.9 Å². The molecule has 0 radical (unpaired) electrons. The van der Waals surface area contributed by atoms with E-state index in [1.165, 1.54) is 31.2 Å². The fraction of sp³-hybridized carbons (Fsp3) is 0.438. The van der Waals surface area contributed by atoms with Crippen molar-refractivity contribution < 1.29 is 82.8 Å². The molecule has 2 saturated heterocycles. The lowest BCUT2D eigenvalue weighted by Crippen LogP contribution is -2.62. The van der Waals surface area contributed by atoms with Crippen molar-refractivity contribution in [3.63, 3.8) is 0 Å². The van der Waals surface area contributed by atoms with Crippen LogP contribution < -0.4 is 80.6 Å². The highest BCUT2D eigenvalue weighted by atomic mass is 33.1. The van der Waals surface area contributed by atoms with E-state index in [2.05, 4.69) is 74.1 Å². The summed E-state index contributed by atoms with van der Waals surface area (Å²) >= 11 is 0. The van der Waals surface area contributed by atoms with Crippen LogP contribution in [0, 0.1) is 0 Å². The number of unbranched alkanes of at least 4 members (excludes halogenated alkanes) is 1. The molecule has 5 aromatic carbocycles. The van der Waals surface area contributed by atoms with E-state index >= 15 is 24.0 Å². The molecule has 3 heterocycles. The van der Waals surface area contributed by atoms with Crippen molar-refractivity contribution in [3.8, 4) is 5.75 Å². The molecule has 115 heavy (non-hydrogen) atoms. The van der Waals surface area contributed by atoms with Gasteiger partial charge in [0.15, 0.2) is 0 Å². The number of carboxylic acid groups (broad SMARTS) is 1. The van der Waals surface area contributed by atoms with Crippen LogP contribution in [0.2, 0.25) is 0 Å². The lowest BCUT2D eigenvalue weighted by molar-refractivity contribution is -0.142. The Balaban J connectivity index is 1.25. The number of H-pyrrole nitrogens is 1. The maximum absolute atomic E-state index is 15.6. The van der Waals surface area contributed by atoms with Gasteiger partial charge >= 0.3 is 5.97 Å². The monoisotopic (exact) mass is 1620 g/mol. The highest BCUT2D eigenvalue weighted by Crippen LogP contribution is 2.25. The van der Waals surface area contributed by atoms with Gasteiger partial charge in [-0.05, 0) is 110 Å². The number of carboxylic acids is 1. The number of nitrogens with two attached hydrogens (primary N) is 2. The van der Waals surface area contributed by atoms with Crippen LogP contribution in [0.1, 0.15) is 99.1 Å². The van der Waals surface area contributed by atoms with Gasteiger partial charge in [-0.15, -0.1) is 0 Å². The fourth-order valence-electron chi connectivity index (χ4n) is 12.7. The fourth-order valence-corrected chi connectivity index (χ4v) is 15.1. The highest BCUT2D eigenvalue weighted by molar-refractivity contribution is 8.76. The number of aliphatic hydroxyl groups is 2. The first-order valence-corrected chi connectivity index (χ1v) is 40.7. The number of phenolic OH excluding ortho intramolecular Hbond substituents is 1. The second-order valence-corrected chi connectivity index (χ2v) is 31.3. The van der Waals surface area contributed by atoms with E-state index < -0.39 is 181 Å². The summed E-state index contributed by atoms with van der Waals surface area (Å²) in [6.45, 7) is 4.41. The molecule has 33 nitrogen and oxygen atoms in total. The van der Waals surface area contributed by atoms with E-state index in [-0.39, 0.29) is 88.4 Å². The van der Waals surface area contributed by atoms with Crippen LogP contribution in [0.25, 0.3) is 10.9 Å². The Labute approximate surface area is 673 Å². The molecule has 2 bridgehead atoms. The third-order valence-electron chi connectivity index (χ3n) is 19.3. The topological polar surface area (TPSA) is 527 Å². The number of phenols is 1. The normalized spacial score (nSPS) is 23.5.